The van der Waals surface area contributed by atoms with E-state index >= 15 is 0 Å². The standard InChI is InChI=1S/7CH4.2Fe.2O.Ti/h7*1H4;;;;;/q;;;;;;;+2;+3;;;/p+1. The first-order valence-electron chi connectivity index (χ1n) is 0.408. The third-order valence-electron chi connectivity index (χ3n) is 0. The zero-order chi connectivity index (χ0) is 2.71. The van der Waals surface area contributed by atoms with Crippen LogP contribution in [0, 0.1) is 0 Å². The van der Waals surface area contributed by atoms with E-state index < -0.39 is 19.1 Å². The molecule has 0 amide bonds. The van der Waals surface area contributed by atoms with Gasteiger partial charge in [0.2, 0.25) is 0 Å². The fourth-order valence-electron chi connectivity index (χ4n) is 0. The van der Waals surface area contributed by atoms with Crippen LogP contribution < -0.4 is 0 Å². The molecule has 2 nitrogen and oxygen atoms in total. The van der Waals surface area contributed by atoms with Crippen molar-refractivity contribution in [1.29, 1.82) is 0 Å². The van der Waals surface area contributed by atoms with Crippen molar-refractivity contribution in [3.63, 3.8) is 0 Å². The molecule has 0 bridgehead atoms. The number of hydrogen-bond donors (Lipinski definition) is 0. The van der Waals surface area contributed by atoms with E-state index in [4.69, 9.17) is 6.65 Å². The molecule has 83 valence electrons. The summed E-state index contributed by atoms with van der Waals surface area (Å²) in [6.07, 6.45) is 0. The minimum absolute atomic E-state index is 0. The predicted molar refractivity (Wildman–Crippen MR) is 49.6 cm³/mol. The van der Waals surface area contributed by atoms with E-state index in [2.05, 4.69) is 0 Å². The molecule has 0 spiro atoms. The molecule has 0 fully saturated rings. The normalized spacial score (nSPS) is 0.667. The Morgan fingerprint density at radius 2 is 0.667 bits per heavy atom. The van der Waals surface area contributed by atoms with Gasteiger partial charge in [0.05, 0.1) is 0 Å². The molecule has 0 saturated heterocycles. The summed E-state index contributed by atoms with van der Waals surface area (Å²) >= 11 is -2.00. The van der Waals surface area contributed by atoms with Gasteiger partial charge in [-0.3, -0.25) is 0 Å². The van der Waals surface area contributed by atoms with Crippen molar-refractivity contribution in [2.75, 3.05) is 0 Å². The zero-order valence-corrected chi connectivity index (χ0v) is 5.79. The molecule has 0 aliphatic carbocycles. The molecule has 0 unspecified atom stereocenters. The molecule has 1 radical (unpaired) electrons. The first-order chi connectivity index (χ1) is 1.41. The van der Waals surface area contributed by atoms with Crippen LogP contribution in [0.2, 0.25) is 0 Å². The van der Waals surface area contributed by atoms with Gasteiger partial charge in [-0.15, -0.1) is 0 Å². The van der Waals surface area contributed by atoms with Gasteiger partial charge in [0.1, 0.15) is 0 Å². The molecule has 0 rings (SSSR count). The van der Waals surface area contributed by atoms with E-state index in [-0.39, 0.29) is 87.6 Å². The summed E-state index contributed by atoms with van der Waals surface area (Å²) in [6.45, 7) is 0. The molecule has 0 aromatic carbocycles. The monoisotopic (exact) mass is 305 g/mol. The SMILES string of the molecule is C.C.C.C.C.C.C.[Fe+2].[Fe+3].[H+].[O]=[Ti]=[O]. The summed E-state index contributed by atoms with van der Waals surface area (Å²) < 4.78 is 17.0. The average Bonchev–Trinajstić information content (AvgIpc) is 0.918. The number of hydrogen-bond acceptors (Lipinski definition) is 2. The van der Waals surface area contributed by atoms with Crippen molar-refractivity contribution in [1.82, 2.24) is 0 Å². The van der Waals surface area contributed by atoms with Crippen LogP contribution in [0.4, 0.5) is 0 Å². The molecule has 0 aromatic rings. The third kappa shape index (κ3) is 665. The topological polar surface area (TPSA) is 34.1 Å². The molecule has 0 atom stereocenters. The second-order valence-electron chi connectivity index (χ2n) is 0.0833. The molecule has 0 aromatic heterocycles. The van der Waals surface area contributed by atoms with E-state index in [9.17, 15) is 0 Å². The Balaban J connectivity index is -0.000000000444. The fraction of sp³-hybridized carbons (Fsp3) is 1.00. The van der Waals surface area contributed by atoms with Gasteiger partial charge in [0.25, 0.3) is 0 Å². The molecule has 0 aliphatic heterocycles. The Morgan fingerprint density at radius 3 is 0.667 bits per heavy atom. The van der Waals surface area contributed by atoms with Crippen LogP contribution in [-0.2, 0) is 59.9 Å². The van der Waals surface area contributed by atoms with Gasteiger partial charge < -0.3 is 0 Å². The summed E-state index contributed by atoms with van der Waals surface area (Å²) in [5.41, 5.74) is 0. The molecule has 0 saturated carbocycles. The van der Waals surface area contributed by atoms with Gasteiger partial charge in [-0.2, -0.15) is 0 Å². The van der Waals surface area contributed by atoms with Gasteiger partial charge in [-0.25, -0.2) is 0 Å². The Bertz CT molecular complexity index is 45.5. The molecular weight excluding hydrogens is 276 g/mol. The van der Waals surface area contributed by atoms with Crippen molar-refractivity contribution in [2.45, 2.75) is 52.0 Å². The summed E-state index contributed by atoms with van der Waals surface area (Å²) in [7, 11) is 0. The van der Waals surface area contributed by atoms with E-state index in [1.54, 1.807) is 0 Å². The predicted octanol–water partition coefficient (Wildman–Crippen LogP) is 4.32. The summed E-state index contributed by atoms with van der Waals surface area (Å²) in [6, 6.07) is 0. The van der Waals surface area contributed by atoms with Crippen molar-refractivity contribution in [3.8, 4) is 0 Å². The second-order valence-corrected chi connectivity index (χ2v) is 0.344. The summed E-state index contributed by atoms with van der Waals surface area (Å²) in [4.78, 5) is 0. The molecular formula is C7H29Fe2O2Ti+6. The molecule has 0 heterocycles. The first kappa shape index (κ1) is 181. The first-order valence-corrected chi connectivity index (χ1v) is 1.68. The average molecular weight is 305 g/mol. The van der Waals surface area contributed by atoms with Gasteiger partial charge >= 0.3 is 61.3 Å². The quantitative estimate of drug-likeness (QED) is 0.625. The van der Waals surface area contributed by atoms with Crippen LogP contribution in [0.1, 0.15) is 53.4 Å². The van der Waals surface area contributed by atoms with Crippen LogP contribution in [0.25, 0.3) is 0 Å². The summed E-state index contributed by atoms with van der Waals surface area (Å²) in [5, 5.41) is 0. The van der Waals surface area contributed by atoms with Crippen LogP contribution in [0.3, 0.4) is 0 Å². The van der Waals surface area contributed by atoms with E-state index in [1.165, 1.54) is 0 Å². The molecule has 5 heteroatoms. The number of rotatable bonds is 0. The Morgan fingerprint density at radius 1 is 0.667 bits per heavy atom. The Kier molecular flexibility index (Phi) is 4340. The zero-order valence-electron chi connectivity index (χ0n) is 3.02. The van der Waals surface area contributed by atoms with Crippen molar-refractivity contribution >= 4 is 0 Å². The molecule has 0 N–H and O–H groups in total. The van der Waals surface area contributed by atoms with E-state index in [0.29, 0.717) is 0 Å². The molecule has 0 aliphatic rings. The van der Waals surface area contributed by atoms with Crippen molar-refractivity contribution in [3.05, 3.63) is 0 Å². The maximum atomic E-state index is 8.50. The van der Waals surface area contributed by atoms with Crippen LogP contribution in [-0.4, -0.2) is 0 Å². The second kappa shape index (κ2) is 288. The molecule has 12 heavy (non-hydrogen) atoms. The van der Waals surface area contributed by atoms with E-state index in [1.807, 2.05) is 0 Å². The van der Waals surface area contributed by atoms with Crippen LogP contribution >= 0.6 is 0 Å². The Hall–Kier alpha value is 1.35. The van der Waals surface area contributed by atoms with Gasteiger partial charge in [0, 0.05) is 0 Å². The van der Waals surface area contributed by atoms with E-state index in [0.717, 1.165) is 0 Å². The third-order valence-corrected chi connectivity index (χ3v) is 0. The van der Waals surface area contributed by atoms with Crippen molar-refractivity contribution in [2.24, 2.45) is 0 Å². The van der Waals surface area contributed by atoms with Gasteiger partial charge in [0.15, 0.2) is 0 Å². The van der Waals surface area contributed by atoms with Crippen molar-refractivity contribution < 1.29 is 61.3 Å². The fourth-order valence-corrected chi connectivity index (χ4v) is 0. The summed E-state index contributed by atoms with van der Waals surface area (Å²) in [5.74, 6) is 0. The van der Waals surface area contributed by atoms with Crippen LogP contribution in [0.15, 0.2) is 0 Å². The van der Waals surface area contributed by atoms with Gasteiger partial charge in [-0.1, -0.05) is 52.0 Å². The van der Waals surface area contributed by atoms with Gasteiger partial charge in [-0.05, 0) is 0 Å². The minimum atomic E-state index is -2.00. The maximum absolute atomic E-state index is 8.50. The van der Waals surface area contributed by atoms with Crippen LogP contribution in [0.5, 0.6) is 0 Å². The Labute approximate surface area is 113 Å².